The molecule has 84 valence electrons. The van der Waals surface area contributed by atoms with Crippen molar-refractivity contribution in [3.8, 4) is 0 Å². The van der Waals surface area contributed by atoms with E-state index in [0.29, 0.717) is 6.54 Å². The lowest BCUT2D eigenvalue weighted by atomic mass is 9.93. The van der Waals surface area contributed by atoms with Crippen LogP contribution in [-0.4, -0.2) is 5.91 Å². The molecule has 0 unspecified atom stereocenters. The van der Waals surface area contributed by atoms with Gasteiger partial charge in [0.15, 0.2) is 0 Å². The van der Waals surface area contributed by atoms with Gasteiger partial charge in [-0.25, -0.2) is 0 Å². The number of rotatable bonds is 3. The number of carbonyl (C=O) groups is 1. The van der Waals surface area contributed by atoms with Gasteiger partial charge in [0.25, 0.3) is 0 Å². The Labute approximate surface area is 96.4 Å². The van der Waals surface area contributed by atoms with Gasteiger partial charge in [0, 0.05) is 12.5 Å². The number of hydrogen-bond acceptors (Lipinski definition) is 1. The van der Waals surface area contributed by atoms with Crippen LogP contribution in [0.3, 0.4) is 0 Å². The van der Waals surface area contributed by atoms with Crippen molar-refractivity contribution in [2.75, 3.05) is 0 Å². The lowest BCUT2D eigenvalue weighted by Crippen LogP contribution is -2.30. The van der Waals surface area contributed by atoms with Gasteiger partial charge in [-0.05, 0) is 24.8 Å². The molecule has 1 aromatic carbocycles. The second kappa shape index (κ2) is 5.50. The maximum Gasteiger partial charge on any atom is 0.223 e. The average Bonchev–Trinajstić information content (AvgIpc) is 2.38. The van der Waals surface area contributed by atoms with Crippen molar-refractivity contribution >= 4 is 5.91 Å². The molecule has 1 aliphatic carbocycles. The second-order valence-corrected chi connectivity index (χ2v) is 4.18. The molecular formula is C14H17NO. The Bertz CT molecular complexity index is 370. The summed E-state index contributed by atoms with van der Waals surface area (Å²) in [7, 11) is 0. The van der Waals surface area contributed by atoms with Crippen molar-refractivity contribution in [1.29, 1.82) is 0 Å². The molecule has 16 heavy (non-hydrogen) atoms. The molecule has 0 spiro atoms. The molecule has 2 heteroatoms. The first-order valence-corrected chi connectivity index (χ1v) is 5.83. The highest BCUT2D eigenvalue weighted by atomic mass is 16.1. The van der Waals surface area contributed by atoms with Crippen LogP contribution < -0.4 is 5.32 Å². The maximum absolute atomic E-state index is 11.8. The third-order valence-electron chi connectivity index (χ3n) is 2.95. The predicted octanol–water partition coefficient (Wildman–Crippen LogP) is 2.66. The second-order valence-electron chi connectivity index (χ2n) is 4.18. The minimum absolute atomic E-state index is 0.175. The molecule has 0 bridgehead atoms. The van der Waals surface area contributed by atoms with Crippen molar-refractivity contribution < 1.29 is 4.79 Å². The minimum atomic E-state index is 0.175. The zero-order chi connectivity index (χ0) is 11.2. The molecule has 0 heterocycles. The zero-order valence-electron chi connectivity index (χ0n) is 9.36. The zero-order valence-corrected chi connectivity index (χ0v) is 9.36. The molecule has 2 rings (SSSR count). The van der Waals surface area contributed by atoms with E-state index in [1.54, 1.807) is 0 Å². The summed E-state index contributed by atoms with van der Waals surface area (Å²) in [6.07, 6.45) is 7.17. The summed E-state index contributed by atoms with van der Waals surface area (Å²) in [5.74, 6) is 0.363. The van der Waals surface area contributed by atoms with E-state index in [-0.39, 0.29) is 11.8 Å². The topological polar surface area (TPSA) is 29.1 Å². The summed E-state index contributed by atoms with van der Waals surface area (Å²) in [6, 6.07) is 10.0. The predicted molar refractivity (Wildman–Crippen MR) is 64.8 cm³/mol. The van der Waals surface area contributed by atoms with Crippen molar-refractivity contribution in [3.05, 3.63) is 48.0 Å². The van der Waals surface area contributed by atoms with Gasteiger partial charge in [-0.3, -0.25) is 4.79 Å². The summed E-state index contributed by atoms with van der Waals surface area (Å²) in [5.41, 5.74) is 1.15. The fourth-order valence-electron chi connectivity index (χ4n) is 1.96. The van der Waals surface area contributed by atoms with Crippen LogP contribution in [0, 0.1) is 5.92 Å². The van der Waals surface area contributed by atoms with E-state index >= 15 is 0 Å². The van der Waals surface area contributed by atoms with E-state index in [2.05, 4.69) is 17.5 Å². The molecule has 1 N–H and O–H groups in total. The lowest BCUT2D eigenvalue weighted by Gasteiger charge is -2.17. The first-order chi connectivity index (χ1) is 7.86. The summed E-state index contributed by atoms with van der Waals surface area (Å²) < 4.78 is 0. The van der Waals surface area contributed by atoms with Crippen LogP contribution in [0.15, 0.2) is 42.5 Å². The first-order valence-electron chi connectivity index (χ1n) is 5.83. The van der Waals surface area contributed by atoms with Crippen LogP contribution >= 0.6 is 0 Å². The molecular weight excluding hydrogens is 198 g/mol. The Morgan fingerprint density at radius 3 is 2.75 bits per heavy atom. The molecule has 0 saturated heterocycles. The quantitative estimate of drug-likeness (QED) is 0.772. The van der Waals surface area contributed by atoms with Gasteiger partial charge in [0.05, 0.1) is 0 Å². The van der Waals surface area contributed by atoms with Crippen molar-refractivity contribution in [3.63, 3.8) is 0 Å². The van der Waals surface area contributed by atoms with E-state index in [4.69, 9.17) is 0 Å². The summed E-state index contributed by atoms with van der Waals surface area (Å²) in [5, 5.41) is 3.00. The summed E-state index contributed by atoms with van der Waals surface area (Å²) >= 11 is 0. The summed E-state index contributed by atoms with van der Waals surface area (Å²) in [6.45, 7) is 0.639. The van der Waals surface area contributed by atoms with Crippen LogP contribution in [0.4, 0.5) is 0 Å². The summed E-state index contributed by atoms with van der Waals surface area (Å²) in [4.78, 5) is 11.8. The monoisotopic (exact) mass is 215 g/mol. The number of allylic oxidation sites excluding steroid dienone is 2. The van der Waals surface area contributed by atoms with Crippen molar-refractivity contribution in [2.45, 2.75) is 25.8 Å². The van der Waals surface area contributed by atoms with Gasteiger partial charge in [-0.2, -0.15) is 0 Å². The number of nitrogens with one attached hydrogen (secondary N) is 1. The van der Waals surface area contributed by atoms with Crippen LogP contribution in [-0.2, 0) is 11.3 Å². The Morgan fingerprint density at radius 1 is 1.25 bits per heavy atom. The number of carbonyl (C=O) groups excluding carboxylic acids is 1. The van der Waals surface area contributed by atoms with Gasteiger partial charge in [0.1, 0.15) is 0 Å². The highest BCUT2D eigenvalue weighted by molar-refractivity contribution is 5.78. The standard InChI is InChI=1S/C14H17NO/c16-14(13-9-5-2-6-10-13)15-11-12-7-3-1-4-8-12/h1-5,7-8,13H,6,9-11H2,(H,15,16)/t13-/m1/s1. The fraction of sp³-hybridized carbons (Fsp3) is 0.357. The molecule has 2 nitrogen and oxygen atoms in total. The SMILES string of the molecule is O=C(NCc1ccccc1)[C@@H]1CC=CCC1. The molecule has 0 radical (unpaired) electrons. The van der Waals surface area contributed by atoms with E-state index in [0.717, 1.165) is 24.8 Å². The highest BCUT2D eigenvalue weighted by Crippen LogP contribution is 2.18. The van der Waals surface area contributed by atoms with E-state index < -0.39 is 0 Å². The molecule has 0 saturated carbocycles. The van der Waals surface area contributed by atoms with Crippen molar-refractivity contribution in [1.82, 2.24) is 5.32 Å². The first kappa shape index (κ1) is 10.9. The van der Waals surface area contributed by atoms with E-state index in [1.807, 2.05) is 30.3 Å². The molecule has 1 atom stereocenters. The minimum Gasteiger partial charge on any atom is -0.352 e. The van der Waals surface area contributed by atoms with Crippen LogP contribution in [0.1, 0.15) is 24.8 Å². The van der Waals surface area contributed by atoms with Gasteiger partial charge >= 0.3 is 0 Å². The fourth-order valence-corrected chi connectivity index (χ4v) is 1.96. The van der Waals surface area contributed by atoms with Gasteiger partial charge in [-0.1, -0.05) is 42.5 Å². The third-order valence-corrected chi connectivity index (χ3v) is 2.95. The van der Waals surface area contributed by atoms with Crippen LogP contribution in [0.25, 0.3) is 0 Å². The van der Waals surface area contributed by atoms with E-state index in [9.17, 15) is 4.79 Å². The van der Waals surface area contributed by atoms with Gasteiger partial charge in [0.2, 0.25) is 5.91 Å². The molecule has 1 aliphatic rings. The molecule has 0 aliphatic heterocycles. The Morgan fingerprint density at radius 2 is 2.06 bits per heavy atom. The van der Waals surface area contributed by atoms with Gasteiger partial charge in [-0.15, -0.1) is 0 Å². The molecule has 0 aromatic heterocycles. The number of hydrogen-bond donors (Lipinski definition) is 1. The van der Waals surface area contributed by atoms with Crippen molar-refractivity contribution in [2.24, 2.45) is 5.92 Å². The van der Waals surface area contributed by atoms with Gasteiger partial charge < -0.3 is 5.32 Å². The highest BCUT2D eigenvalue weighted by Gasteiger charge is 2.17. The Hall–Kier alpha value is -1.57. The average molecular weight is 215 g/mol. The van der Waals surface area contributed by atoms with Crippen LogP contribution in [0.2, 0.25) is 0 Å². The normalized spacial score (nSPS) is 19.4. The lowest BCUT2D eigenvalue weighted by molar-refractivity contribution is -0.125. The number of benzene rings is 1. The molecule has 1 aromatic rings. The Kier molecular flexibility index (Phi) is 3.76. The smallest absolute Gasteiger partial charge is 0.223 e. The maximum atomic E-state index is 11.8. The largest absolute Gasteiger partial charge is 0.352 e. The molecule has 1 amide bonds. The van der Waals surface area contributed by atoms with E-state index in [1.165, 1.54) is 0 Å². The van der Waals surface area contributed by atoms with Crippen LogP contribution in [0.5, 0.6) is 0 Å². The third kappa shape index (κ3) is 2.96. The number of amides is 1. The molecule has 0 fully saturated rings. The Balaban J connectivity index is 1.82.